The van der Waals surface area contributed by atoms with Gasteiger partial charge in [-0.05, 0) is 44.8 Å². The molecule has 1 N–H and O–H groups in total. The van der Waals surface area contributed by atoms with Crippen molar-refractivity contribution in [1.82, 2.24) is 10.2 Å². The van der Waals surface area contributed by atoms with Crippen molar-refractivity contribution in [3.05, 3.63) is 0 Å². The zero-order chi connectivity index (χ0) is 12.1. The Morgan fingerprint density at radius 3 is 2.41 bits per heavy atom. The van der Waals surface area contributed by atoms with Crippen LogP contribution in [0.1, 0.15) is 64.7 Å². The van der Waals surface area contributed by atoms with Crippen LogP contribution in [0, 0.1) is 0 Å². The summed E-state index contributed by atoms with van der Waals surface area (Å²) in [4.78, 5) is 2.43. The first-order chi connectivity index (χ1) is 8.27. The zero-order valence-electron chi connectivity index (χ0n) is 11.1. The van der Waals surface area contributed by atoms with Gasteiger partial charge in [-0.25, -0.2) is 0 Å². The molecule has 17 heavy (non-hydrogen) atoms. The van der Waals surface area contributed by atoms with E-state index < -0.39 is 0 Å². The molecule has 0 amide bonds. The Labute approximate surface area is 111 Å². The highest BCUT2D eigenvalue weighted by molar-refractivity contribution is 7.80. The minimum atomic E-state index is 0.626. The molecule has 0 aromatic rings. The summed E-state index contributed by atoms with van der Waals surface area (Å²) in [6.07, 6.45) is 12.1. The smallest absolute Gasteiger partial charge is 0.169 e. The SMILES string of the molecule is CC1CCCCCN1C(=S)NC1CCCCC1. The summed E-state index contributed by atoms with van der Waals surface area (Å²) in [7, 11) is 0. The molecule has 1 atom stereocenters. The first-order valence-electron chi connectivity index (χ1n) is 7.34. The third-order valence-corrected chi connectivity index (χ3v) is 4.60. The number of thiocarbonyl (C=S) groups is 1. The fourth-order valence-corrected chi connectivity index (χ4v) is 3.52. The Morgan fingerprint density at radius 1 is 1.00 bits per heavy atom. The minimum Gasteiger partial charge on any atom is -0.360 e. The van der Waals surface area contributed by atoms with E-state index in [1.807, 2.05) is 0 Å². The van der Waals surface area contributed by atoms with Crippen molar-refractivity contribution in [2.75, 3.05) is 6.54 Å². The molecule has 1 aliphatic heterocycles. The van der Waals surface area contributed by atoms with Gasteiger partial charge in [0.25, 0.3) is 0 Å². The quantitative estimate of drug-likeness (QED) is 0.722. The lowest BCUT2D eigenvalue weighted by Gasteiger charge is -2.33. The van der Waals surface area contributed by atoms with Crippen molar-refractivity contribution in [3.63, 3.8) is 0 Å². The zero-order valence-corrected chi connectivity index (χ0v) is 11.9. The molecule has 2 aliphatic rings. The number of hydrogen-bond acceptors (Lipinski definition) is 1. The molecule has 0 radical (unpaired) electrons. The minimum absolute atomic E-state index is 0.626. The van der Waals surface area contributed by atoms with Gasteiger partial charge in [-0.2, -0.15) is 0 Å². The highest BCUT2D eigenvalue weighted by atomic mass is 32.1. The Bertz CT molecular complexity index is 249. The van der Waals surface area contributed by atoms with Crippen LogP contribution in [0.5, 0.6) is 0 Å². The van der Waals surface area contributed by atoms with Gasteiger partial charge in [0.05, 0.1) is 0 Å². The Balaban J connectivity index is 1.84. The molecule has 1 heterocycles. The largest absolute Gasteiger partial charge is 0.360 e. The molecule has 1 aliphatic carbocycles. The van der Waals surface area contributed by atoms with E-state index in [0.717, 1.165) is 11.7 Å². The highest BCUT2D eigenvalue weighted by Crippen LogP contribution is 2.20. The Morgan fingerprint density at radius 2 is 1.65 bits per heavy atom. The van der Waals surface area contributed by atoms with Crippen molar-refractivity contribution in [2.45, 2.75) is 76.8 Å². The van der Waals surface area contributed by atoms with Crippen LogP contribution in [-0.4, -0.2) is 28.6 Å². The summed E-state index contributed by atoms with van der Waals surface area (Å²) >= 11 is 5.61. The maximum atomic E-state index is 5.61. The molecule has 0 aromatic heterocycles. The predicted molar refractivity (Wildman–Crippen MR) is 77.2 cm³/mol. The number of nitrogens with one attached hydrogen (secondary N) is 1. The molecule has 1 saturated carbocycles. The molecular formula is C14H26N2S. The van der Waals surface area contributed by atoms with Gasteiger partial charge in [-0.1, -0.05) is 32.1 Å². The fourth-order valence-electron chi connectivity index (χ4n) is 3.08. The summed E-state index contributed by atoms with van der Waals surface area (Å²) in [6, 6.07) is 1.27. The second kappa shape index (κ2) is 6.58. The van der Waals surface area contributed by atoms with E-state index in [2.05, 4.69) is 17.1 Å². The summed E-state index contributed by atoms with van der Waals surface area (Å²) in [5, 5.41) is 4.62. The monoisotopic (exact) mass is 254 g/mol. The molecule has 0 bridgehead atoms. The van der Waals surface area contributed by atoms with Gasteiger partial charge in [-0.15, -0.1) is 0 Å². The van der Waals surface area contributed by atoms with Crippen molar-refractivity contribution < 1.29 is 0 Å². The van der Waals surface area contributed by atoms with Gasteiger partial charge in [0, 0.05) is 18.6 Å². The van der Waals surface area contributed by atoms with Crippen LogP contribution >= 0.6 is 12.2 Å². The van der Waals surface area contributed by atoms with Crippen LogP contribution in [-0.2, 0) is 0 Å². The van der Waals surface area contributed by atoms with Crippen LogP contribution in [0.2, 0.25) is 0 Å². The molecule has 0 aromatic carbocycles. The van der Waals surface area contributed by atoms with Gasteiger partial charge >= 0.3 is 0 Å². The number of rotatable bonds is 1. The summed E-state index contributed by atoms with van der Waals surface area (Å²) in [6.45, 7) is 3.47. The lowest BCUT2D eigenvalue weighted by molar-refractivity contribution is 0.317. The molecule has 1 saturated heterocycles. The molecule has 2 nitrogen and oxygen atoms in total. The summed E-state index contributed by atoms with van der Waals surface area (Å²) in [5.74, 6) is 0. The first kappa shape index (κ1) is 13.1. The second-order valence-corrected chi connectivity index (χ2v) is 6.06. The standard InChI is InChI=1S/C14H26N2S/c1-12-8-4-3-7-11-16(12)14(17)15-13-9-5-2-6-10-13/h12-13H,2-11H2,1H3,(H,15,17). The van der Waals surface area contributed by atoms with E-state index in [9.17, 15) is 0 Å². The maximum absolute atomic E-state index is 5.61. The number of hydrogen-bond donors (Lipinski definition) is 1. The van der Waals surface area contributed by atoms with Crippen LogP contribution in [0.25, 0.3) is 0 Å². The predicted octanol–water partition coefficient (Wildman–Crippen LogP) is 3.46. The van der Waals surface area contributed by atoms with E-state index in [4.69, 9.17) is 12.2 Å². The fraction of sp³-hybridized carbons (Fsp3) is 0.929. The highest BCUT2D eigenvalue weighted by Gasteiger charge is 2.22. The normalized spacial score (nSPS) is 27.6. The van der Waals surface area contributed by atoms with Crippen molar-refractivity contribution in [1.29, 1.82) is 0 Å². The molecule has 2 rings (SSSR count). The Kier molecular flexibility index (Phi) is 5.08. The van der Waals surface area contributed by atoms with Crippen molar-refractivity contribution in [3.8, 4) is 0 Å². The van der Waals surface area contributed by atoms with Crippen LogP contribution in [0.4, 0.5) is 0 Å². The van der Waals surface area contributed by atoms with Gasteiger partial charge in [0.1, 0.15) is 0 Å². The van der Waals surface area contributed by atoms with E-state index in [0.29, 0.717) is 12.1 Å². The average Bonchev–Trinajstić information content (AvgIpc) is 2.55. The van der Waals surface area contributed by atoms with Crippen molar-refractivity contribution in [2.24, 2.45) is 0 Å². The molecule has 2 fully saturated rings. The van der Waals surface area contributed by atoms with E-state index in [1.165, 1.54) is 57.8 Å². The van der Waals surface area contributed by atoms with Gasteiger partial charge < -0.3 is 10.2 Å². The lowest BCUT2D eigenvalue weighted by Crippen LogP contribution is -2.48. The van der Waals surface area contributed by atoms with E-state index in [-0.39, 0.29) is 0 Å². The number of likely N-dealkylation sites (tertiary alicyclic amines) is 1. The van der Waals surface area contributed by atoms with E-state index in [1.54, 1.807) is 0 Å². The molecule has 1 unspecified atom stereocenters. The molecular weight excluding hydrogens is 228 g/mol. The topological polar surface area (TPSA) is 15.3 Å². The average molecular weight is 254 g/mol. The summed E-state index contributed by atoms with van der Waals surface area (Å²) < 4.78 is 0. The second-order valence-electron chi connectivity index (χ2n) is 5.68. The third kappa shape index (κ3) is 3.84. The Hall–Kier alpha value is -0.310. The number of nitrogens with zero attached hydrogens (tertiary/aromatic N) is 1. The molecule has 0 spiro atoms. The van der Waals surface area contributed by atoms with Crippen molar-refractivity contribution >= 4 is 17.3 Å². The van der Waals surface area contributed by atoms with Crippen LogP contribution < -0.4 is 5.32 Å². The molecule has 3 heteroatoms. The van der Waals surface area contributed by atoms with E-state index >= 15 is 0 Å². The van der Waals surface area contributed by atoms with Gasteiger partial charge in [0.2, 0.25) is 0 Å². The third-order valence-electron chi connectivity index (χ3n) is 4.25. The lowest BCUT2D eigenvalue weighted by atomic mass is 9.96. The van der Waals surface area contributed by atoms with Gasteiger partial charge in [-0.3, -0.25) is 0 Å². The first-order valence-corrected chi connectivity index (χ1v) is 7.75. The molecule has 98 valence electrons. The van der Waals surface area contributed by atoms with Gasteiger partial charge in [0.15, 0.2) is 5.11 Å². The maximum Gasteiger partial charge on any atom is 0.169 e. The van der Waals surface area contributed by atoms with Crippen LogP contribution in [0.3, 0.4) is 0 Å². The summed E-state index contributed by atoms with van der Waals surface area (Å²) in [5.41, 5.74) is 0. The van der Waals surface area contributed by atoms with Crippen LogP contribution in [0.15, 0.2) is 0 Å².